The van der Waals surface area contributed by atoms with Gasteiger partial charge in [-0.3, -0.25) is 9.59 Å². The molecular weight excluding hydrogens is 324 g/mol. The lowest BCUT2D eigenvalue weighted by atomic mass is 10.0. The SMILES string of the molecule is Cc1cccc(N(Cc2cc3ccccc3[nH]c2=O)C(=O)C(C)C)c1C. The van der Waals surface area contributed by atoms with E-state index in [1.54, 1.807) is 4.90 Å². The van der Waals surface area contributed by atoms with E-state index in [2.05, 4.69) is 4.98 Å². The topological polar surface area (TPSA) is 53.2 Å². The Hall–Kier alpha value is -2.88. The minimum atomic E-state index is -0.158. The number of aromatic nitrogens is 1. The van der Waals surface area contributed by atoms with Gasteiger partial charge in [0.2, 0.25) is 5.91 Å². The van der Waals surface area contributed by atoms with Crippen LogP contribution in [0.3, 0.4) is 0 Å². The van der Waals surface area contributed by atoms with E-state index in [1.165, 1.54) is 0 Å². The molecule has 0 saturated carbocycles. The van der Waals surface area contributed by atoms with Crippen molar-refractivity contribution in [1.29, 1.82) is 0 Å². The summed E-state index contributed by atoms with van der Waals surface area (Å²) in [6.45, 7) is 8.05. The third-order valence-corrected chi connectivity index (χ3v) is 4.79. The van der Waals surface area contributed by atoms with E-state index < -0.39 is 0 Å². The zero-order valence-corrected chi connectivity index (χ0v) is 15.7. The third kappa shape index (κ3) is 3.40. The number of nitrogens with one attached hydrogen (secondary N) is 1. The van der Waals surface area contributed by atoms with E-state index in [4.69, 9.17) is 0 Å². The third-order valence-electron chi connectivity index (χ3n) is 4.79. The summed E-state index contributed by atoms with van der Waals surface area (Å²) >= 11 is 0. The highest BCUT2D eigenvalue weighted by atomic mass is 16.2. The van der Waals surface area contributed by atoms with Crippen molar-refractivity contribution in [3.63, 3.8) is 0 Å². The van der Waals surface area contributed by atoms with Crippen molar-refractivity contribution in [2.24, 2.45) is 5.92 Å². The number of hydrogen-bond acceptors (Lipinski definition) is 2. The van der Waals surface area contributed by atoms with E-state index in [1.807, 2.05) is 76.2 Å². The molecule has 0 atom stereocenters. The van der Waals surface area contributed by atoms with Crippen LogP contribution in [0.2, 0.25) is 0 Å². The monoisotopic (exact) mass is 348 g/mol. The van der Waals surface area contributed by atoms with Gasteiger partial charge in [0.05, 0.1) is 6.54 Å². The molecule has 26 heavy (non-hydrogen) atoms. The van der Waals surface area contributed by atoms with Gasteiger partial charge in [-0.25, -0.2) is 0 Å². The lowest BCUT2D eigenvalue weighted by Crippen LogP contribution is -2.36. The highest BCUT2D eigenvalue weighted by molar-refractivity contribution is 5.95. The number of anilines is 1. The van der Waals surface area contributed by atoms with E-state index >= 15 is 0 Å². The highest BCUT2D eigenvalue weighted by Gasteiger charge is 2.22. The molecular formula is C22H24N2O2. The Kier molecular flexibility index (Phi) is 4.94. The first kappa shape index (κ1) is 17.9. The molecule has 1 heterocycles. The van der Waals surface area contributed by atoms with Crippen molar-refractivity contribution in [1.82, 2.24) is 4.98 Å². The molecule has 0 saturated heterocycles. The molecule has 2 aromatic carbocycles. The van der Waals surface area contributed by atoms with Crippen LogP contribution >= 0.6 is 0 Å². The maximum atomic E-state index is 12.9. The van der Waals surface area contributed by atoms with E-state index in [-0.39, 0.29) is 23.9 Å². The predicted molar refractivity (Wildman–Crippen MR) is 107 cm³/mol. The molecule has 0 aliphatic carbocycles. The summed E-state index contributed by atoms with van der Waals surface area (Å²) in [5, 5.41) is 0.958. The van der Waals surface area contributed by atoms with Crippen molar-refractivity contribution in [3.05, 3.63) is 75.6 Å². The summed E-state index contributed by atoms with van der Waals surface area (Å²) in [6.07, 6.45) is 0. The average Bonchev–Trinajstić information content (AvgIpc) is 2.62. The highest BCUT2D eigenvalue weighted by Crippen LogP contribution is 2.26. The van der Waals surface area contributed by atoms with Gasteiger partial charge in [-0.05, 0) is 48.6 Å². The van der Waals surface area contributed by atoms with E-state index in [0.29, 0.717) is 5.56 Å². The molecule has 0 unspecified atom stereocenters. The van der Waals surface area contributed by atoms with Gasteiger partial charge in [0.15, 0.2) is 0 Å². The molecule has 1 N–H and O–H groups in total. The summed E-state index contributed by atoms with van der Waals surface area (Å²) in [4.78, 5) is 30.1. The molecule has 0 fully saturated rings. The fourth-order valence-electron chi connectivity index (χ4n) is 3.10. The number of H-pyrrole nitrogens is 1. The van der Waals surface area contributed by atoms with Crippen LogP contribution in [0.4, 0.5) is 5.69 Å². The molecule has 1 amide bonds. The number of carbonyl (C=O) groups is 1. The number of aromatic amines is 1. The van der Waals surface area contributed by atoms with E-state index in [9.17, 15) is 9.59 Å². The Morgan fingerprint density at radius 1 is 1.08 bits per heavy atom. The van der Waals surface area contributed by atoms with Gasteiger partial charge in [0.1, 0.15) is 0 Å². The first-order chi connectivity index (χ1) is 12.4. The first-order valence-electron chi connectivity index (χ1n) is 8.87. The zero-order chi connectivity index (χ0) is 18.8. The summed E-state index contributed by atoms with van der Waals surface area (Å²) in [5.74, 6) is -0.152. The maximum Gasteiger partial charge on any atom is 0.253 e. The summed E-state index contributed by atoms with van der Waals surface area (Å²) < 4.78 is 0. The van der Waals surface area contributed by atoms with Gasteiger partial charge < -0.3 is 9.88 Å². The number of pyridine rings is 1. The van der Waals surface area contributed by atoms with Crippen LogP contribution in [0.15, 0.2) is 53.3 Å². The van der Waals surface area contributed by atoms with Crippen LogP contribution in [0, 0.1) is 19.8 Å². The van der Waals surface area contributed by atoms with Gasteiger partial charge in [0.25, 0.3) is 5.56 Å². The number of aryl methyl sites for hydroxylation is 1. The van der Waals surface area contributed by atoms with Crippen LogP contribution in [-0.4, -0.2) is 10.9 Å². The number of benzene rings is 2. The number of hydrogen-bond donors (Lipinski definition) is 1. The standard InChI is InChI=1S/C22H24N2O2/c1-14(2)22(26)24(20-11-7-8-15(3)16(20)4)13-18-12-17-9-5-6-10-19(17)23-21(18)25/h5-12,14H,13H2,1-4H3,(H,23,25). The molecule has 4 nitrogen and oxygen atoms in total. The Labute approximate surface area is 153 Å². The fraction of sp³-hybridized carbons (Fsp3) is 0.273. The lowest BCUT2D eigenvalue weighted by molar-refractivity contribution is -0.121. The smallest absolute Gasteiger partial charge is 0.253 e. The van der Waals surface area contributed by atoms with Crippen LogP contribution in [0.1, 0.15) is 30.5 Å². The van der Waals surface area contributed by atoms with Crippen molar-refractivity contribution in [2.75, 3.05) is 4.90 Å². The Balaban J connectivity index is 2.09. The number of amides is 1. The second-order valence-corrected chi connectivity index (χ2v) is 7.01. The second-order valence-electron chi connectivity index (χ2n) is 7.01. The van der Waals surface area contributed by atoms with Crippen molar-refractivity contribution < 1.29 is 4.79 Å². The van der Waals surface area contributed by atoms with Gasteiger partial charge in [-0.15, -0.1) is 0 Å². The first-order valence-corrected chi connectivity index (χ1v) is 8.87. The summed E-state index contributed by atoms with van der Waals surface area (Å²) in [5.41, 5.74) is 4.26. The van der Waals surface area contributed by atoms with Crippen LogP contribution < -0.4 is 10.5 Å². The van der Waals surface area contributed by atoms with Crippen molar-refractivity contribution >= 4 is 22.5 Å². The second kappa shape index (κ2) is 7.16. The van der Waals surface area contributed by atoms with Crippen LogP contribution in [-0.2, 0) is 11.3 Å². The zero-order valence-electron chi connectivity index (χ0n) is 15.7. The Morgan fingerprint density at radius 3 is 2.54 bits per heavy atom. The minimum absolute atomic E-state index is 0.00580. The molecule has 0 spiro atoms. The van der Waals surface area contributed by atoms with Gasteiger partial charge in [-0.1, -0.05) is 44.2 Å². The fourth-order valence-corrected chi connectivity index (χ4v) is 3.10. The molecule has 1 aromatic heterocycles. The van der Waals surface area contributed by atoms with E-state index in [0.717, 1.165) is 27.7 Å². The number of nitrogens with zero attached hydrogens (tertiary/aromatic N) is 1. The van der Waals surface area contributed by atoms with Gasteiger partial charge in [-0.2, -0.15) is 0 Å². The molecule has 3 aromatic rings. The lowest BCUT2D eigenvalue weighted by Gasteiger charge is -2.27. The van der Waals surface area contributed by atoms with Crippen LogP contribution in [0.25, 0.3) is 10.9 Å². The summed E-state index contributed by atoms with van der Waals surface area (Å²) in [6, 6.07) is 15.5. The molecule has 134 valence electrons. The number of carbonyl (C=O) groups excluding carboxylic acids is 1. The normalized spacial score (nSPS) is 11.1. The van der Waals surface area contributed by atoms with Gasteiger partial charge >= 0.3 is 0 Å². The predicted octanol–water partition coefficient (Wildman–Crippen LogP) is 4.33. The Bertz CT molecular complexity index is 1020. The molecule has 0 aliphatic rings. The molecule has 4 heteroatoms. The molecule has 3 rings (SSSR count). The summed E-state index contributed by atoms with van der Waals surface area (Å²) in [7, 11) is 0. The van der Waals surface area contributed by atoms with Gasteiger partial charge in [0, 0.05) is 22.7 Å². The quantitative estimate of drug-likeness (QED) is 0.763. The number of fused-ring (bicyclic) bond motifs is 1. The van der Waals surface area contributed by atoms with Crippen molar-refractivity contribution in [2.45, 2.75) is 34.2 Å². The molecule has 0 bridgehead atoms. The minimum Gasteiger partial charge on any atom is -0.322 e. The number of rotatable bonds is 4. The molecule has 0 radical (unpaired) electrons. The van der Waals surface area contributed by atoms with Crippen LogP contribution in [0.5, 0.6) is 0 Å². The van der Waals surface area contributed by atoms with Crippen molar-refractivity contribution in [3.8, 4) is 0 Å². The average molecular weight is 348 g/mol. The maximum absolute atomic E-state index is 12.9. The number of para-hydroxylation sites is 1. The molecule has 0 aliphatic heterocycles. The Morgan fingerprint density at radius 2 is 1.81 bits per heavy atom. The largest absolute Gasteiger partial charge is 0.322 e.